The minimum atomic E-state index is 0.373. The first kappa shape index (κ1) is 13.0. The van der Waals surface area contributed by atoms with E-state index in [4.69, 9.17) is 5.11 Å². The summed E-state index contributed by atoms with van der Waals surface area (Å²) in [5.41, 5.74) is 0.451. The normalized spacial score (nSPS) is 14.5. The average molecular weight is 186 g/mol. The lowest BCUT2D eigenvalue weighted by molar-refractivity contribution is 0.201. The molecule has 1 N–H and O–H groups in total. The zero-order valence-corrected chi connectivity index (χ0v) is 9.77. The predicted molar refractivity (Wildman–Crippen MR) is 58.8 cm³/mol. The molecule has 80 valence electrons. The van der Waals surface area contributed by atoms with Crippen molar-refractivity contribution in [3.8, 4) is 0 Å². The van der Waals surface area contributed by atoms with Crippen molar-refractivity contribution >= 4 is 0 Å². The van der Waals surface area contributed by atoms with E-state index in [0.29, 0.717) is 17.9 Å². The van der Waals surface area contributed by atoms with E-state index in [0.717, 1.165) is 0 Å². The van der Waals surface area contributed by atoms with Gasteiger partial charge in [0.05, 0.1) is 0 Å². The van der Waals surface area contributed by atoms with Crippen LogP contribution in [0.2, 0.25) is 0 Å². The van der Waals surface area contributed by atoms with Gasteiger partial charge in [0.25, 0.3) is 0 Å². The highest BCUT2D eigenvalue weighted by Gasteiger charge is 2.11. The Morgan fingerprint density at radius 2 is 1.77 bits per heavy atom. The summed E-state index contributed by atoms with van der Waals surface area (Å²) in [4.78, 5) is 0. The van der Waals surface area contributed by atoms with Gasteiger partial charge in [0, 0.05) is 6.61 Å². The number of aliphatic hydroxyl groups is 1. The largest absolute Gasteiger partial charge is 0.396 e. The van der Waals surface area contributed by atoms with Crippen LogP contribution in [0.1, 0.15) is 59.8 Å². The summed E-state index contributed by atoms with van der Waals surface area (Å²) in [6, 6.07) is 0. The lowest BCUT2D eigenvalue weighted by Gasteiger charge is -2.19. The topological polar surface area (TPSA) is 20.2 Å². The standard InChI is InChI=1S/C12H26O/c1-5-7-11(10-13)8-6-9-12(2,3)4/h11,13H,5-10H2,1-4H3. The summed E-state index contributed by atoms with van der Waals surface area (Å²) in [5, 5.41) is 9.09. The van der Waals surface area contributed by atoms with Crippen LogP contribution in [0.15, 0.2) is 0 Å². The van der Waals surface area contributed by atoms with E-state index >= 15 is 0 Å². The second-order valence-electron chi connectivity index (χ2n) is 5.29. The molecule has 0 aliphatic rings. The molecule has 0 aliphatic carbocycles. The minimum absolute atomic E-state index is 0.373. The molecule has 0 aliphatic heterocycles. The van der Waals surface area contributed by atoms with Crippen molar-refractivity contribution in [2.24, 2.45) is 11.3 Å². The lowest BCUT2D eigenvalue weighted by Crippen LogP contribution is -2.09. The van der Waals surface area contributed by atoms with E-state index in [9.17, 15) is 0 Å². The molecule has 0 aromatic heterocycles. The third kappa shape index (κ3) is 8.29. The van der Waals surface area contributed by atoms with Gasteiger partial charge in [-0.2, -0.15) is 0 Å². The maximum Gasteiger partial charge on any atom is 0.0459 e. The number of aliphatic hydroxyl groups excluding tert-OH is 1. The minimum Gasteiger partial charge on any atom is -0.396 e. The number of hydrogen-bond acceptors (Lipinski definition) is 1. The SMILES string of the molecule is CCCC(CO)CCCC(C)(C)C. The molecule has 1 atom stereocenters. The van der Waals surface area contributed by atoms with Gasteiger partial charge in [0.15, 0.2) is 0 Å². The Morgan fingerprint density at radius 1 is 1.15 bits per heavy atom. The highest BCUT2D eigenvalue weighted by molar-refractivity contribution is 4.64. The van der Waals surface area contributed by atoms with Gasteiger partial charge in [-0.25, -0.2) is 0 Å². The van der Waals surface area contributed by atoms with Crippen LogP contribution in [-0.4, -0.2) is 11.7 Å². The van der Waals surface area contributed by atoms with Crippen LogP contribution >= 0.6 is 0 Å². The van der Waals surface area contributed by atoms with E-state index < -0.39 is 0 Å². The number of rotatable bonds is 6. The van der Waals surface area contributed by atoms with Gasteiger partial charge in [-0.1, -0.05) is 40.5 Å². The molecule has 0 bridgehead atoms. The highest BCUT2D eigenvalue weighted by Crippen LogP contribution is 2.24. The van der Waals surface area contributed by atoms with Crippen LogP contribution < -0.4 is 0 Å². The van der Waals surface area contributed by atoms with Crippen LogP contribution in [0.25, 0.3) is 0 Å². The smallest absolute Gasteiger partial charge is 0.0459 e. The third-order valence-electron chi connectivity index (χ3n) is 2.49. The molecule has 0 spiro atoms. The maximum absolute atomic E-state index is 9.09. The molecule has 0 aromatic carbocycles. The summed E-state index contributed by atoms with van der Waals surface area (Å²) < 4.78 is 0. The number of hydrogen-bond donors (Lipinski definition) is 1. The first-order valence-corrected chi connectivity index (χ1v) is 5.60. The van der Waals surface area contributed by atoms with Gasteiger partial charge in [-0.15, -0.1) is 0 Å². The molecular formula is C12H26O. The Hall–Kier alpha value is -0.0400. The molecule has 0 fully saturated rings. The quantitative estimate of drug-likeness (QED) is 0.672. The molecule has 0 heterocycles. The van der Waals surface area contributed by atoms with Crippen LogP contribution in [0.4, 0.5) is 0 Å². The fourth-order valence-corrected chi connectivity index (χ4v) is 1.66. The second-order valence-corrected chi connectivity index (χ2v) is 5.29. The van der Waals surface area contributed by atoms with Gasteiger partial charge < -0.3 is 5.11 Å². The summed E-state index contributed by atoms with van der Waals surface area (Å²) in [7, 11) is 0. The van der Waals surface area contributed by atoms with Gasteiger partial charge >= 0.3 is 0 Å². The molecule has 0 aromatic rings. The molecule has 0 radical (unpaired) electrons. The maximum atomic E-state index is 9.09. The predicted octanol–water partition coefficient (Wildman–Crippen LogP) is 3.61. The first-order chi connectivity index (χ1) is 5.99. The second kappa shape index (κ2) is 6.42. The molecule has 1 unspecified atom stereocenters. The average Bonchev–Trinajstić information content (AvgIpc) is 2.01. The van der Waals surface area contributed by atoms with Crippen LogP contribution in [0.5, 0.6) is 0 Å². The first-order valence-electron chi connectivity index (χ1n) is 5.60. The van der Waals surface area contributed by atoms with E-state index in [1.807, 2.05) is 0 Å². The molecular weight excluding hydrogens is 160 g/mol. The Bertz CT molecular complexity index is 113. The van der Waals surface area contributed by atoms with Crippen molar-refractivity contribution < 1.29 is 5.11 Å². The van der Waals surface area contributed by atoms with Gasteiger partial charge in [0.2, 0.25) is 0 Å². The molecule has 1 nitrogen and oxygen atoms in total. The van der Waals surface area contributed by atoms with E-state index in [1.165, 1.54) is 32.1 Å². The Labute approximate surface area is 83.5 Å². The third-order valence-corrected chi connectivity index (χ3v) is 2.49. The Kier molecular flexibility index (Phi) is 6.40. The highest BCUT2D eigenvalue weighted by atomic mass is 16.3. The van der Waals surface area contributed by atoms with Crippen LogP contribution in [0.3, 0.4) is 0 Å². The van der Waals surface area contributed by atoms with Gasteiger partial charge in [0.1, 0.15) is 0 Å². The zero-order chi connectivity index (χ0) is 10.3. The summed E-state index contributed by atoms with van der Waals surface area (Å²) in [6.45, 7) is 9.40. The zero-order valence-electron chi connectivity index (χ0n) is 9.77. The van der Waals surface area contributed by atoms with Crippen molar-refractivity contribution in [1.82, 2.24) is 0 Å². The van der Waals surface area contributed by atoms with Crippen LogP contribution in [0, 0.1) is 11.3 Å². The van der Waals surface area contributed by atoms with Crippen LogP contribution in [-0.2, 0) is 0 Å². The van der Waals surface area contributed by atoms with Crippen molar-refractivity contribution in [3.63, 3.8) is 0 Å². The lowest BCUT2D eigenvalue weighted by atomic mass is 9.87. The molecule has 0 rings (SSSR count). The fourth-order valence-electron chi connectivity index (χ4n) is 1.66. The van der Waals surface area contributed by atoms with E-state index in [-0.39, 0.29) is 0 Å². The van der Waals surface area contributed by atoms with E-state index in [2.05, 4.69) is 27.7 Å². The summed E-state index contributed by atoms with van der Waals surface area (Å²) in [5.74, 6) is 0.548. The monoisotopic (exact) mass is 186 g/mol. The Balaban J connectivity index is 3.49. The van der Waals surface area contributed by atoms with Gasteiger partial charge in [-0.3, -0.25) is 0 Å². The van der Waals surface area contributed by atoms with Crippen molar-refractivity contribution in [2.45, 2.75) is 59.8 Å². The molecule has 0 amide bonds. The van der Waals surface area contributed by atoms with Gasteiger partial charge in [-0.05, 0) is 30.6 Å². The fraction of sp³-hybridized carbons (Fsp3) is 1.00. The van der Waals surface area contributed by atoms with Crippen molar-refractivity contribution in [2.75, 3.05) is 6.61 Å². The van der Waals surface area contributed by atoms with Crippen molar-refractivity contribution in [3.05, 3.63) is 0 Å². The summed E-state index contributed by atoms with van der Waals surface area (Å²) >= 11 is 0. The van der Waals surface area contributed by atoms with Crippen molar-refractivity contribution in [1.29, 1.82) is 0 Å². The molecule has 0 saturated heterocycles. The van der Waals surface area contributed by atoms with E-state index in [1.54, 1.807) is 0 Å². The Morgan fingerprint density at radius 3 is 2.15 bits per heavy atom. The molecule has 0 saturated carbocycles. The molecule has 13 heavy (non-hydrogen) atoms. The molecule has 1 heteroatoms. The summed E-state index contributed by atoms with van der Waals surface area (Å²) in [6.07, 6.45) is 6.10.